The van der Waals surface area contributed by atoms with Gasteiger partial charge in [0.05, 0.1) is 32.0 Å². The number of nitrogens with two attached hydrogens (primary N) is 3. The van der Waals surface area contributed by atoms with Gasteiger partial charge in [0.2, 0.25) is 0 Å². The summed E-state index contributed by atoms with van der Waals surface area (Å²) in [4.78, 5) is 40.6. The molecule has 0 aromatic carbocycles. The summed E-state index contributed by atoms with van der Waals surface area (Å²) in [5, 5.41) is 23.2. The van der Waals surface area contributed by atoms with E-state index in [0.717, 1.165) is 0 Å². The molecule has 3 aromatic heterocycles. The maximum Gasteiger partial charge on any atom is 0.472 e. The molecule has 44 heavy (non-hydrogen) atoms. The zero-order valence-corrected chi connectivity index (χ0v) is 24.3. The number of phosphoric acid groups is 1. The molecule has 6 rings (SSSR count). The topological polar surface area (TPSA) is 325 Å². The number of hydrogen-bond acceptors (Lipinski definition) is 18. The SMILES string of the molecule is NC1=Nc2c(ncn2[C@@H]2O[C@H](CO)C(O)C2OP(=O)(O)OC[C@H]2O[C@@H](n3cnc4c(N)ncnc43)CC2O[PH](=O)O)C(N)N1. The number of aromatic nitrogens is 6. The fourth-order valence-corrected chi connectivity index (χ4v) is 6.62. The zero-order valence-electron chi connectivity index (χ0n) is 22.4. The number of nitrogens with zero attached hydrogens (tertiary/aromatic N) is 7. The number of imidazole rings is 2. The number of anilines is 1. The average Bonchev–Trinajstić information content (AvgIpc) is 3.73. The van der Waals surface area contributed by atoms with Crippen molar-refractivity contribution in [3.8, 4) is 0 Å². The molecule has 11 N–H and O–H groups in total. The van der Waals surface area contributed by atoms with E-state index in [1.807, 2.05) is 0 Å². The second-order valence-electron chi connectivity index (χ2n) is 9.92. The normalized spacial score (nSPS) is 32.2. The molecule has 0 aliphatic carbocycles. The number of rotatable bonds is 10. The molecule has 2 fully saturated rings. The highest BCUT2D eigenvalue weighted by molar-refractivity contribution is 7.47. The predicted molar refractivity (Wildman–Crippen MR) is 146 cm³/mol. The average molecular weight is 661 g/mol. The first kappa shape index (κ1) is 30.9. The number of aliphatic hydroxyl groups is 2. The van der Waals surface area contributed by atoms with Crippen LogP contribution < -0.4 is 22.5 Å². The minimum Gasteiger partial charge on any atom is -0.394 e. The summed E-state index contributed by atoms with van der Waals surface area (Å²) in [5.74, 6) is 0.230. The number of fused-ring (bicyclic) bond motifs is 2. The fraction of sp³-hybridized carbons (Fsp3) is 0.550. The second kappa shape index (κ2) is 12.0. The molecular weight excluding hydrogens is 632 g/mol. The summed E-state index contributed by atoms with van der Waals surface area (Å²) in [6.07, 6.45) is -5.69. The lowest BCUT2D eigenvalue weighted by atomic mass is 10.1. The third kappa shape index (κ3) is 5.83. The van der Waals surface area contributed by atoms with Crippen LogP contribution in [-0.2, 0) is 32.2 Å². The Kier molecular flexibility index (Phi) is 8.43. The lowest BCUT2D eigenvalue weighted by molar-refractivity contribution is -0.0586. The minimum absolute atomic E-state index is 0.0127. The van der Waals surface area contributed by atoms with Crippen molar-refractivity contribution in [3.05, 3.63) is 24.7 Å². The van der Waals surface area contributed by atoms with Crippen molar-refractivity contribution in [2.24, 2.45) is 16.5 Å². The minimum atomic E-state index is -5.02. The van der Waals surface area contributed by atoms with Gasteiger partial charge < -0.3 is 56.5 Å². The molecule has 6 heterocycles. The lowest BCUT2D eigenvalue weighted by Crippen LogP contribution is -2.41. The largest absolute Gasteiger partial charge is 0.472 e. The van der Waals surface area contributed by atoms with Crippen LogP contribution in [0, 0.1) is 0 Å². The van der Waals surface area contributed by atoms with Crippen LogP contribution in [0.2, 0.25) is 0 Å². The molecule has 0 spiro atoms. The van der Waals surface area contributed by atoms with Crippen molar-refractivity contribution >= 4 is 44.8 Å². The molecule has 240 valence electrons. The second-order valence-corrected chi connectivity index (χ2v) is 12.1. The Morgan fingerprint density at radius 3 is 2.68 bits per heavy atom. The Bertz CT molecular complexity index is 1640. The first-order chi connectivity index (χ1) is 21.0. The van der Waals surface area contributed by atoms with E-state index < -0.39 is 78.4 Å². The summed E-state index contributed by atoms with van der Waals surface area (Å²) in [5.41, 5.74) is 18.5. The molecule has 6 unspecified atom stereocenters. The van der Waals surface area contributed by atoms with E-state index in [2.05, 4.69) is 30.2 Å². The third-order valence-corrected chi connectivity index (χ3v) is 8.66. The van der Waals surface area contributed by atoms with Gasteiger partial charge >= 0.3 is 16.1 Å². The Balaban J connectivity index is 1.19. The quantitative estimate of drug-likeness (QED) is 0.105. The first-order valence-electron chi connectivity index (χ1n) is 13.0. The monoisotopic (exact) mass is 661 g/mol. The predicted octanol–water partition coefficient (Wildman–Crippen LogP) is -2.38. The van der Waals surface area contributed by atoms with Crippen LogP contribution in [0.25, 0.3) is 11.2 Å². The van der Waals surface area contributed by atoms with Gasteiger partial charge in [-0.05, 0) is 0 Å². The highest BCUT2D eigenvalue weighted by Crippen LogP contribution is 2.51. The van der Waals surface area contributed by atoms with Gasteiger partial charge in [-0.3, -0.25) is 22.7 Å². The third-order valence-electron chi connectivity index (χ3n) is 7.17. The maximum absolute atomic E-state index is 13.2. The Morgan fingerprint density at radius 1 is 1.16 bits per heavy atom. The highest BCUT2D eigenvalue weighted by Gasteiger charge is 2.50. The van der Waals surface area contributed by atoms with Gasteiger partial charge in [0.15, 0.2) is 29.5 Å². The molecule has 3 aliphatic rings. The number of guanidine groups is 1. The van der Waals surface area contributed by atoms with Gasteiger partial charge in [-0.1, -0.05) is 0 Å². The van der Waals surface area contributed by atoms with Crippen molar-refractivity contribution in [1.82, 2.24) is 34.4 Å². The lowest BCUT2D eigenvalue weighted by Gasteiger charge is -2.26. The molecule has 22 nitrogen and oxygen atoms in total. The fourth-order valence-electron chi connectivity index (χ4n) is 5.18. The van der Waals surface area contributed by atoms with Gasteiger partial charge in [-0.25, -0.2) is 24.5 Å². The molecule has 3 aromatic rings. The molecule has 0 saturated carbocycles. The molecule has 3 aliphatic heterocycles. The van der Waals surface area contributed by atoms with Crippen LogP contribution in [-0.4, -0.2) is 98.8 Å². The van der Waals surface area contributed by atoms with E-state index in [1.165, 1.54) is 28.1 Å². The van der Waals surface area contributed by atoms with Gasteiger partial charge in [0.25, 0.3) is 0 Å². The number of aliphatic imine (C=N–C) groups is 1. The van der Waals surface area contributed by atoms with Crippen molar-refractivity contribution in [2.45, 2.75) is 55.6 Å². The first-order valence-corrected chi connectivity index (χ1v) is 15.7. The highest BCUT2D eigenvalue weighted by atomic mass is 31.2. The van der Waals surface area contributed by atoms with Crippen LogP contribution in [0.1, 0.15) is 30.7 Å². The number of nitrogen functional groups attached to an aromatic ring is 1. The van der Waals surface area contributed by atoms with Gasteiger partial charge in [-0.15, -0.1) is 0 Å². The number of ether oxygens (including phenoxy) is 2. The Morgan fingerprint density at radius 2 is 1.93 bits per heavy atom. The molecule has 2 saturated heterocycles. The van der Waals surface area contributed by atoms with Crippen molar-refractivity contribution in [3.63, 3.8) is 0 Å². The summed E-state index contributed by atoms with van der Waals surface area (Å²) < 4.78 is 54.8. The van der Waals surface area contributed by atoms with Crippen LogP contribution >= 0.6 is 16.1 Å². The summed E-state index contributed by atoms with van der Waals surface area (Å²) in [6.45, 7) is -1.30. The van der Waals surface area contributed by atoms with Crippen LogP contribution in [0.3, 0.4) is 0 Å². The number of nitrogens with one attached hydrogen (secondary N) is 1. The summed E-state index contributed by atoms with van der Waals surface area (Å²) in [7, 11) is -8.48. The van der Waals surface area contributed by atoms with Crippen molar-refractivity contribution in [1.29, 1.82) is 0 Å². The van der Waals surface area contributed by atoms with Crippen molar-refractivity contribution < 1.29 is 52.2 Å². The summed E-state index contributed by atoms with van der Waals surface area (Å²) in [6, 6.07) is 0. The van der Waals surface area contributed by atoms with E-state index in [9.17, 15) is 29.1 Å². The summed E-state index contributed by atoms with van der Waals surface area (Å²) >= 11 is 0. The number of phosphoric ester groups is 1. The van der Waals surface area contributed by atoms with Crippen molar-refractivity contribution in [2.75, 3.05) is 18.9 Å². The van der Waals surface area contributed by atoms with E-state index >= 15 is 0 Å². The van der Waals surface area contributed by atoms with E-state index in [0.29, 0.717) is 11.2 Å². The van der Waals surface area contributed by atoms with Crippen LogP contribution in [0.4, 0.5) is 11.6 Å². The number of hydrogen-bond donors (Lipinski definition) is 8. The smallest absolute Gasteiger partial charge is 0.394 e. The van der Waals surface area contributed by atoms with Gasteiger partial charge in [0.1, 0.15) is 54.3 Å². The molecular formula is C20H29N11O11P2. The van der Waals surface area contributed by atoms with Gasteiger partial charge in [0, 0.05) is 6.42 Å². The van der Waals surface area contributed by atoms with E-state index in [-0.39, 0.29) is 29.7 Å². The van der Waals surface area contributed by atoms with E-state index in [4.69, 9.17) is 40.2 Å². The van der Waals surface area contributed by atoms with Crippen LogP contribution in [0.15, 0.2) is 24.0 Å². The molecule has 0 radical (unpaired) electrons. The molecule has 0 bridgehead atoms. The Hall–Kier alpha value is -3.11. The molecule has 10 atom stereocenters. The molecule has 0 amide bonds. The maximum atomic E-state index is 13.2. The molecule has 24 heteroatoms. The van der Waals surface area contributed by atoms with Gasteiger partial charge in [-0.2, -0.15) is 4.99 Å². The standard InChI is InChI=1S/C20H29N11O11P2/c21-15-11-17(25-4-24-15)30(5-26-11)10-1-7(41-43(34)35)9(39-10)3-38-44(36,37)42-14-13(33)8(2-32)40-19(14)31-6-27-12-16(22)28-20(23)29-18(12)31/h4-10,13-14,16,19,32-33,43H,1-3,22H2,(H,34,35)(H,36,37)(H2,21,24,25)(H3,23,28,29)/t7?,8-,9-,10-,13?,14?,16?,19-/m1/s1. The zero-order chi connectivity index (χ0) is 31.3. The Labute approximate surface area is 247 Å². The van der Waals surface area contributed by atoms with E-state index in [1.54, 1.807) is 0 Å². The number of aliphatic hydroxyl groups excluding tert-OH is 2. The van der Waals surface area contributed by atoms with Crippen LogP contribution in [0.5, 0.6) is 0 Å².